The van der Waals surface area contributed by atoms with E-state index in [1.807, 2.05) is 0 Å². The molecule has 0 aliphatic rings. The standard InChI is InChI=1S/C10H6F5NO2/c11-9(12)4-18-8-2-1-6(10(13,14)15)3-7(8)16-5-17/h1-3,9H,4H2. The van der Waals surface area contributed by atoms with E-state index in [0.29, 0.717) is 12.1 Å². The first-order valence-electron chi connectivity index (χ1n) is 4.54. The van der Waals surface area contributed by atoms with Crippen molar-refractivity contribution < 1.29 is 31.5 Å². The van der Waals surface area contributed by atoms with Gasteiger partial charge in [0.15, 0.2) is 0 Å². The van der Waals surface area contributed by atoms with Gasteiger partial charge in [-0.25, -0.2) is 13.6 Å². The Morgan fingerprint density at radius 2 is 2.00 bits per heavy atom. The molecule has 0 saturated carbocycles. The highest BCUT2D eigenvalue weighted by Crippen LogP contribution is 2.36. The van der Waals surface area contributed by atoms with Crippen LogP contribution in [0.2, 0.25) is 0 Å². The van der Waals surface area contributed by atoms with Crippen LogP contribution in [0.5, 0.6) is 5.75 Å². The first kappa shape index (κ1) is 14.1. The summed E-state index contributed by atoms with van der Waals surface area (Å²) in [5.74, 6) is -0.341. The van der Waals surface area contributed by atoms with E-state index in [-0.39, 0.29) is 5.75 Å². The average Bonchev–Trinajstić information content (AvgIpc) is 2.26. The summed E-state index contributed by atoms with van der Waals surface area (Å²) in [5.41, 5.74) is -1.57. The van der Waals surface area contributed by atoms with E-state index in [1.54, 1.807) is 0 Å². The number of benzene rings is 1. The zero-order chi connectivity index (χ0) is 13.8. The number of halogens is 5. The summed E-state index contributed by atoms with van der Waals surface area (Å²) in [6, 6.07) is 1.98. The van der Waals surface area contributed by atoms with E-state index in [0.717, 1.165) is 12.1 Å². The second kappa shape index (κ2) is 5.59. The van der Waals surface area contributed by atoms with Gasteiger partial charge < -0.3 is 4.74 Å². The van der Waals surface area contributed by atoms with Gasteiger partial charge in [0, 0.05) is 0 Å². The van der Waals surface area contributed by atoms with Crippen molar-refractivity contribution >= 4 is 11.8 Å². The maximum absolute atomic E-state index is 12.4. The third-order valence-electron chi connectivity index (χ3n) is 1.82. The van der Waals surface area contributed by atoms with Crippen molar-refractivity contribution in [1.82, 2.24) is 0 Å². The van der Waals surface area contributed by atoms with Gasteiger partial charge in [-0.05, 0) is 18.2 Å². The third kappa shape index (κ3) is 3.81. The normalized spacial score (nSPS) is 11.2. The summed E-state index contributed by atoms with van der Waals surface area (Å²) in [5, 5.41) is 0. The van der Waals surface area contributed by atoms with Crippen molar-refractivity contribution in [3.8, 4) is 5.75 Å². The quantitative estimate of drug-likeness (QED) is 0.477. The van der Waals surface area contributed by atoms with Crippen LogP contribution in [0.25, 0.3) is 0 Å². The van der Waals surface area contributed by atoms with Gasteiger partial charge in [-0.1, -0.05) is 0 Å². The lowest BCUT2D eigenvalue weighted by atomic mass is 10.2. The van der Waals surface area contributed by atoms with E-state index in [2.05, 4.69) is 9.73 Å². The first-order valence-corrected chi connectivity index (χ1v) is 4.54. The van der Waals surface area contributed by atoms with Crippen LogP contribution in [0, 0.1) is 0 Å². The molecule has 0 amide bonds. The summed E-state index contributed by atoms with van der Waals surface area (Å²) >= 11 is 0. The molecule has 0 aliphatic carbocycles. The Kier molecular flexibility index (Phi) is 4.38. The molecule has 0 aromatic heterocycles. The van der Waals surface area contributed by atoms with Crippen molar-refractivity contribution in [3.63, 3.8) is 0 Å². The molecule has 1 rings (SSSR count). The highest BCUT2D eigenvalue weighted by atomic mass is 19.4. The van der Waals surface area contributed by atoms with Crippen molar-refractivity contribution in [2.45, 2.75) is 12.6 Å². The van der Waals surface area contributed by atoms with E-state index < -0.39 is 30.5 Å². The predicted octanol–water partition coefficient (Wildman–Crippen LogP) is 3.32. The van der Waals surface area contributed by atoms with Crippen LogP contribution in [0.3, 0.4) is 0 Å². The van der Waals surface area contributed by atoms with E-state index in [9.17, 15) is 26.7 Å². The lowest BCUT2D eigenvalue weighted by molar-refractivity contribution is -0.137. The minimum Gasteiger partial charge on any atom is -0.485 e. The zero-order valence-electron chi connectivity index (χ0n) is 8.67. The molecule has 0 heterocycles. The maximum atomic E-state index is 12.4. The Morgan fingerprint density at radius 3 is 2.50 bits per heavy atom. The van der Waals surface area contributed by atoms with Crippen LogP contribution in [0.15, 0.2) is 23.2 Å². The SMILES string of the molecule is O=C=Nc1cc(C(F)(F)F)ccc1OCC(F)F. The number of alkyl halides is 5. The zero-order valence-corrected chi connectivity index (χ0v) is 8.67. The average molecular weight is 267 g/mol. The van der Waals surface area contributed by atoms with Crippen LogP contribution in [-0.2, 0) is 11.0 Å². The van der Waals surface area contributed by atoms with Crippen molar-refractivity contribution in [2.75, 3.05) is 6.61 Å². The second-order valence-electron chi connectivity index (χ2n) is 3.09. The van der Waals surface area contributed by atoms with Gasteiger partial charge in [0.1, 0.15) is 18.0 Å². The molecule has 0 radical (unpaired) electrons. The maximum Gasteiger partial charge on any atom is 0.416 e. The van der Waals surface area contributed by atoms with Gasteiger partial charge in [0.2, 0.25) is 6.08 Å². The number of hydrogen-bond acceptors (Lipinski definition) is 3. The number of isocyanates is 1. The predicted molar refractivity (Wildman–Crippen MR) is 50.7 cm³/mol. The smallest absolute Gasteiger partial charge is 0.416 e. The van der Waals surface area contributed by atoms with Crippen LogP contribution in [0.1, 0.15) is 5.56 Å². The Morgan fingerprint density at radius 1 is 1.33 bits per heavy atom. The first-order chi connectivity index (χ1) is 8.34. The molecule has 0 bridgehead atoms. The molecule has 1 aromatic rings. The highest BCUT2D eigenvalue weighted by molar-refractivity contribution is 5.59. The highest BCUT2D eigenvalue weighted by Gasteiger charge is 2.31. The molecule has 0 saturated heterocycles. The van der Waals surface area contributed by atoms with E-state index >= 15 is 0 Å². The van der Waals surface area contributed by atoms with Gasteiger partial charge in [-0.2, -0.15) is 18.2 Å². The second-order valence-corrected chi connectivity index (χ2v) is 3.09. The molecule has 8 heteroatoms. The fraction of sp³-hybridized carbons (Fsp3) is 0.300. The van der Waals surface area contributed by atoms with E-state index in [4.69, 9.17) is 0 Å². The summed E-state index contributed by atoms with van der Waals surface area (Å²) in [6.45, 7) is -1.01. The minimum absolute atomic E-state index is 0.341. The Labute approximate surface area is 97.9 Å². The molecule has 0 fully saturated rings. The molecule has 0 atom stereocenters. The molecule has 0 unspecified atom stereocenters. The molecule has 0 N–H and O–H groups in total. The van der Waals surface area contributed by atoms with Gasteiger partial charge in [-0.3, -0.25) is 0 Å². The number of nitrogens with zero attached hydrogens (tertiary/aromatic N) is 1. The molecule has 98 valence electrons. The monoisotopic (exact) mass is 267 g/mol. The van der Waals surface area contributed by atoms with Crippen molar-refractivity contribution in [1.29, 1.82) is 0 Å². The summed E-state index contributed by atoms with van der Waals surface area (Å²) < 4.78 is 65.4. The fourth-order valence-corrected chi connectivity index (χ4v) is 1.11. The van der Waals surface area contributed by atoms with Gasteiger partial charge in [-0.15, -0.1) is 0 Å². The summed E-state index contributed by atoms with van der Waals surface area (Å²) in [4.78, 5) is 13.0. The van der Waals surface area contributed by atoms with Crippen LogP contribution >= 0.6 is 0 Å². The lowest BCUT2D eigenvalue weighted by Crippen LogP contribution is -2.08. The van der Waals surface area contributed by atoms with Crippen LogP contribution in [0.4, 0.5) is 27.6 Å². The largest absolute Gasteiger partial charge is 0.485 e. The number of hydrogen-bond donors (Lipinski definition) is 0. The summed E-state index contributed by atoms with van der Waals surface area (Å²) in [6.07, 6.45) is -6.39. The van der Waals surface area contributed by atoms with Gasteiger partial charge in [0.05, 0.1) is 5.56 Å². The Balaban J connectivity index is 3.08. The number of aliphatic imine (C=N–C) groups is 1. The van der Waals surface area contributed by atoms with E-state index in [1.165, 1.54) is 0 Å². The molecule has 18 heavy (non-hydrogen) atoms. The number of rotatable bonds is 4. The van der Waals surface area contributed by atoms with Crippen molar-refractivity contribution in [2.24, 2.45) is 4.99 Å². The third-order valence-corrected chi connectivity index (χ3v) is 1.82. The minimum atomic E-state index is -4.63. The molecular formula is C10H6F5NO2. The van der Waals surface area contributed by atoms with Gasteiger partial charge in [0.25, 0.3) is 6.43 Å². The topological polar surface area (TPSA) is 38.7 Å². The molecule has 0 aliphatic heterocycles. The molecule has 0 spiro atoms. The molecule has 3 nitrogen and oxygen atoms in total. The fourth-order valence-electron chi connectivity index (χ4n) is 1.11. The molecule has 1 aromatic carbocycles. The van der Waals surface area contributed by atoms with Crippen LogP contribution < -0.4 is 4.74 Å². The Bertz CT molecular complexity index is 466. The van der Waals surface area contributed by atoms with Crippen LogP contribution in [-0.4, -0.2) is 19.1 Å². The lowest BCUT2D eigenvalue weighted by Gasteiger charge is -2.11. The number of carbonyl (C=O) groups excluding carboxylic acids is 1. The molecular weight excluding hydrogens is 261 g/mol. The Hall–Kier alpha value is -1.95. The van der Waals surface area contributed by atoms with Crippen molar-refractivity contribution in [3.05, 3.63) is 23.8 Å². The number of ether oxygens (including phenoxy) is 1. The summed E-state index contributed by atoms with van der Waals surface area (Å²) in [7, 11) is 0. The van der Waals surface area contributed by atoms with Gasteiger partial charge >= 0.3 is 6.18 Å².